The lowest BCUT2D eigenvalue weighted by Gasteiger charge is -2.33. The van der Waals surface area contributed by atoms with Gasteiger partial charge in [0.1, 0.15) is 5.60 Å². The van der Waals surface area contributed by atoms with Gasteiger partial charge in [0, 0.05) is 6.04 Å². The molecule has 0 aliphatic heterocycles. The van der Waals surface area contributed by atoms with E-state index in [1.165, 1.54) is 0 Å². The fourth-order valence-electron chi connectivity index (χ4n) is 2.60. The molecule has 0 bridgehead atoms. The highest BCUT2D eigenvalue weighted by Gasteiger charge is 2.32. The molecule has 0 aromatic carbocycles. The van der Waals surface area contributed by atoms with Crippen LogP contribution in [-0.2, 0) is 4.74 Å². The molecule has 1 aliphatic rings. The van der Waals surface area contributed by atoms with Crippen LogP contribution in [0.5, 0.6) is 0 Å². The summed E-state index contributed by atoms with van der Waals surface area (Å²) >= 11 is 0. The predicted molar refractivity (Wildman–Crippen MR) is 83.2 cm³/mol. The van der Waals surface area contributed by atoms with Gasteiger partial charge < -0.3 is 15.4 Å². The highest BCUT2D eigenvalue weighted by molar-refractivity contribution is 5.67. The van der Waals surface area contributed by atoms with Crippen LogP contribution in [0.3, 0.4) is 0 Å². The fraction of sp³-hybridized carbons (Fsp3) is 0.938. The van der Waals surface area contributed by atoms with Crippen LogP contribution in [0.2, 0.25) is 0 Å². The smallest absolute Gasteiger partial charge is 0.407 e. The largest absolute Gasteiger partial charge is 0.444 e. The summed E-state index contributed by atoms with van der Waals surface area (Å²) in [5, 5.41) is 5.07. The summed E-state index contributed by atoms with van der Waals surface area (Å²) in [5.41, 5.74) is -0.688. The van der Waals surface area contributed by atoms with Gasteiger partial charge in [0.15, 0.2) is 0 Å². The molecule has 1 fully saturated rings. The molecule has 0 heterocycles. The summed E-state index contributed by atoms with van der Waals surface area (Å²) in [6.45, 7) is 8.32. The topological polar surface area (TPSA) is 50.4 Å². The van der Waals surface area contributed by atoms with Gasteiger partial charge in [-0.1, -0.05) is 13.8 Å². The van der Waals surface area contributed by atoms with Gasteiger partial charge in [-0.15, -0.1) is 0 Å². The number of ether oxygens (including phenoxy) is 1. The Kier molecular flexibility index (Phi) is 6.59. The van der Waals surface area contributed by atoms with Gasteiger partial charge in [-0.2, -0.15) is 0 Å². The van der Waals surface area contributed by atoms with E-state index in [9.17, 15) is 13.6 Å². The van der Waals surface area contributed by atoms with Crippen molar-refractivity contribution in [3.8, 4) is 0 Å². The number of carbonyl (C=O) groups is 1. The summed E-state index contributed by atoms with van der Waals surface area (Å²) in [5.74, 6) is -1.77. The number of carbonyl (C=O) groups excluding carboxylic acids is 1. The van der Waals surface area contributed by atoms with Crippen molar-refractivity contribution in [2.24, 2.45) is 11.8 Å². The van der Waals surface area contributed by atoms with E-state index in [0.717, 1.165) is 19.3 Å². The van der Waals surface area contributed by atoms with Crippen LogP contribution in [0.4, 0.5) is 13.6 Å². The van der Waals surface area contributed by atoms with Crippen LogP contribution < -0.4 is 10.6 Å². The molecule has 1 rings (SSSR count). The molecule has 2 N–H and O–H groups in total. The molecule has 4 nitrogen and oxygen atoms in total. The number of halogens is 2. The van der Waals surface area contributed by atoms with E-state index in [4.69, 9.17) is 4.74 Å². The van der Waals surface area contributed by atoms with Crippen LogP contribution in [0.25, 0.3) is 0 Å². The third kappa shape index (κ3) is 7.38. The van der Waals surface area contributed by atoms with E-state index in [1.807, 2.05) is 0 Å². The van der Waals surface area contributed by atoms with E-state index < -0.39 is 30.7 Å². The lowest BCUT2D eigenvalue weighted by atomic mass is 9.79. The van der Waals surface area contributed by atoms with Gasteiger partial charge in [-0.05, 0) is 51.9 Å². The molecule has 0 aromatic rings. The standard InChI is InChI=1S/C16H30F2N2O2/c1-11-6-7-13(8-12(11)2)19-9-16(17,18)10-20-14(21)22-15(3,4)5/h11-13,19H,6-10H2,1-5H3,(H,20,21). The Morgan fingerprint density at radius 3 is 2.32 bits per heavy atom. The average Bonchev–Trinajstić information content (AvgIpc) is 2.36. The molecule has 0 saturated heterocycles. The lowest BCUT2D eigenvalue weighted by molar-refractivity contribution is -0.00745. The monoisotopic (exact) mass is 320 g/mol. The molecular formula is C16H30F2N2O2. The Morgan fingerprint density at radius 2 is 1.77 bits per heavy atom. The van der Waals surface area contributed by atoms with Crippen LogP contribution in [0.1, 0.15) is 53.9 Å². The highest BCUT2D eigenvalue weighted by atomic mass is 19.3. The molecule has 0 aromatic heterocycles. The number of hydrogen-bond donors (Lipinski definition) is 2. The van der Waals surface area contributed by atoms with Crippen LogP contribution in [-0.4, -0.2) is 36.7 Å². The third-order valence-corrected chi connectivity index (χ3v) is 4.14. The summed E-state index contributed by atoms with van der Waals surface area (Å²) in [6.07, 6.45) is 2.12. The minimum atomic E-state index is -2.98. The van der Waals surface area contributed by atoms with Crippen molar-refractivity contribution in [1.82, 2.24) is 10.6 Å². The Bertz CT molecular complexity index is 370. The molecule has 22 heavy (non-hydrogen) atoms. The molecule has 6 heteroatoms. The van der Waals surface area contributed by atoms with Crippen LogP contribution in [0.15, 0.2) is 0 Å². The minimum absolute atomic E-state index is 0.138. The predicted octanol–water partition coefficient (Wildman–Crippen LogP) is 3.56. The summed E-state index contributed by atoms with van der Waals surface area (Å²) in [6, 6.07) is 0.138. The number of amides is 1. The van der Waals surface area contributed by atoms with Crippen molar-refractivity contribution in [3.63, 3.8) is 0 Å². The van der Waals surface area contributed by atoms with Crippen molar-refractivity contribution in [2.75, 3.05) is 13.1 Å². The summed E-state index contributed by atoms with van der Waals surface area (Å²) < 4.78 is 32.6. The first kappa shape index (κ1) is 19.1. The normalized spacial score (nSPS) is 26.6. The van der Waals surface area contributed by atoms with E-state index in [2.05, 4.69) is 24.5 Å². The Labute approximate surface area is 132 Å². The zero-order valence-corrected chi connectivity index (χ0v) is 14.3. The van der Waals surface area contributed by atoms with E-state index in [1.54, 1.807) is 20.8 Å². The van der Waals surface area contributed by atoms with Crippen LogP contribution in [0, 0.1) is 11.8 Å². The fourth-order valence-corrected chi connectivity index (χ4v) is 2.60. The lowest BCUT2D eigenvalue weighted by Crippen LogP contribution is -2.48. The highest BCUT2D eigenvalue weighted by Crippen LogP contribution is 2.29. The maximum atomic E-state index is 13.8. The Balaban J connectivity index is 2.30. The Morgan fingerprint density at radius 1 is 1.14 bits per heavy atom. The van der Waals surface area contributed by atoms with E-state index in [0.29, 0.717) is 11.8 Å². The zero-order valence-electron chi connectivity index (χ0n) is 14.3. The van der Waals surface area contributed by atoms with Gasteiger partial charge in [0.2, 0.25) is 0 Å². The first-order valence-electron chi connectivity index (χ1n) is 8.06. The first-order chi connectivity index (χ1) is 9.98. The maximum absolute atomic E-state index is 13.8. The molecule has 1 amide bonds. The van der Waals surface area contributed by atoms with Crippen LogP contribution >= 0.6 is 0 Å². The number of hydrogen-bond acceptors (Lipinski definition) is 3. The van der Waals surface area contributed by atoms with Gasteiger partial charge in [0.25, 0.3) is 5.92 Å². The Hall–Kier alpha value is -0.910. The second kappa shape index (κ2) is 7.57. The average molecular weight is 320 g/mol. The molecule has 130 valence electrons. The zero-order chi connectivity index (χ0) is 17.0. The maximum Gasteiger partial charge on any atom is 0.407 e. The molecular weight excluding hydrogens is 290 g/mol. The second-order valence-electron chi connectivity index (χ2n) is 7.56. The molecule has 0 spiro atoms. The van der Waals surface area contributed by atoms with Gasteiger partial charge in [-0.3, -0.25) is 0 Å². The van der Waals surface area contributed by atoms with E-state index in [-0.39, 0.29) is 6.04 Å². The quantitative estimate of drug-likeness (QED) is 0.814. The SMILES string of the molecule is CC1CCC(NCC(F)(F)CNC(=O)OC(C)(C)C)CC1C. The number of alkyl halides is 2. The number of alkyl carbamates (subject to hydrolysis) is 1. The van der Waals surface area contributed by atoms with Crippen molar-refractivity contribution in [1.29, 1.82) is 0 Å². The molecule has 3 unspecified atom stereocenters. The van der Waals surface area contributed by atoms with Gasteiger partial charge in [0.05, 0.1) is 13.1 Å². The second-order valence-corrected chi connectivity index (χ2v) is 7.56. The van der Waals surface area contributed by atoms with Crippen molar-refractivity contribution >= 4 is 6.09 Å². The van der Waals surface area contributed by atoms with Crippen molar-refractivity contribution in [2.45, 2.75) is 71.4 Å². The van der Waals surface area contributed by atoms with Crippen molar-refractivity contribution < 1.29 is 18.3 Å². The molecule has 3 atom stereocenters. The first-order valence-corrected chi connectivity index (χ1v) is 8.06. The molecule has 0 radical (unpaired) electrons. The molecule has 1 aliphatic carbocycles. The third-order valence-electron chi connectivity index (χ3n) is 4.14. The summed E-state index contributed by atoms with van der Waals surface area (Å²) in [7, 11) is 0. The van der Waals surface area contributed by atoms with Crippen molar-refractivity contribution in [3.05, 3.63) is 0 Å². The van der Waals surface area contributed by atoms with Gasteiger partial charge in [-0.25, -0.2) is 13.6 Å². The number of nitrogens with one attached hydrogen (secondary N) is 2. The summed E-state index contributed by atoms with van der Waals surface area (Å²) in [4.78, 5) is 11.4. The molecule has 1 saturated carbocycles. The van der Waals surface area contributed by atoms with Gasteiger partial charge >= 0.3 is 6.09 Å². The minimum Gasteiger partial charge on any atom is -0.444 e. The number of rotatable bonds is 5. The van der Waals surface area contributed by atoms with E-state index >= 15 is 0 Å².